The van der Waals surface area contributed by atoms with Crippen LogP contribution in [0, 0.1) is 23.2 Å². The first-order chi connectivity index (χ1) is 5.86. The van der Waals surface area contributed by atoms with E-state index < -0.39 is 0 Å². The first kappa shape index (κ1) is 8.80. The highest BCUT2D eigenvalue weighted by Gasteiger charge is 1.95. The van der Waals surface area contributed by atoms with Crippen molar-refractivity contribution in [1.29, 1.82) is 5.26 Å². The molecule has 0 saturated heterocycles. The number of hydrogen-bond donors (Lipinski definition) is 0. The molecule has 1 aromatic rings. The van der Waals surface area contributed by atoms with Gasteiger partial charge in [-0.1, -0.05) is 0 Å². The Balaban J connectivity index is 2.72. The van der Waals surface area contributed by atoms with Crippen molar-refractivity contribution in [1.82, 2.24) is 0 Å². The Morgan fingerprint density at radius 3 is 3.17 bits per heavy atom. The average molecular weight is 177 g/mol. The van der Waals surface area contributed by atoms with Gasteiger partial charge >= 0.3 is 0 Å². The molecule has 1 aromatic heterocycles. The van der Waals surface area contributed by atoms with Crippen molar-refractivity contribution >= 4 is 11.3 Å². The average Bonchev–Trinajstić information content (AvgIpc) is 2.50. The van der Waals surface area contributed by atoms with E-state index in [0.29, 0.717) is 6.61 Å². The number of methoxy groups -OCH3 is 1. The third-order valence-electron chi connectivity index (χ3n) is 1.20. The van der Waals surface area contributed by atoms with Crippen molar-refractivity contribution in [3.8, 4) is 17.9 Å². The van der Waals surface area contributed by atoms with Crippen molar-refractivity contribution in [3.05, 3.63) is 21.9 Å². The van der Waals surface area contributed by atoms with E-state index in [1.165, 1.54) is 0 Å². The van der Waals surface area contributed by atoms with Crippen molar-refractivity contribution in [2.24, 2.45) is 0 Å². The van der Waals surface area contributed by atoms with Crippen LogP contribution < -0.4 is 0 Å². The van der Waals surface area contributed by atoms with Gasteiger partial charge in [0.1, 0.15) is 0 Å². The van der Waals surface area contributed by atoms with Gasteiger partial charge in [-0.05, 0) is 12.0 Å². The van der Waals surface area contributed by atoms with Gasteiger partial charge in [-0.2, -0.15) is 5.26 Å². The quantitative estimate of drug-likeness (QED) is 0.645. The van der Waals surface area contributed by atoms with Crippen LogP contribution in [-0.4, -0.2) is 7.11 Å². The molecule has 0 radical (unpaired) electrons. The third kappa shape index (κ3) is 2.39. The van der Waals surface area contributed by atoms with E-state index in [0.717, 1.165) is 10.4 Å². The second kappa shape index (κ2) is 4.56. The predicted octanol–water partition coefficient (Wildman–Crippen LogP) is 1.77. The summed E-state index contributed by atoms with van der Waals surface area (Å²) in [7, 11) is 1.65. The molecule has 3 heteroatoms. The number of thiophene rings is 1. The summed E-state index contributed by atoms with van der Waals surface area (Å²) >= 11 is 1.59. The number of nitriles is 1. The second-order valence-electron chi connectivity index (χ2n) is 2.10. The Bertz CT molecular complexity index is 351. The largest absolute Gasteiger partial charge is 0.379 e. The summed E-state index contributed by atoms with van der Waals surface area (Å²) in [6.45, 7) is 0.610. The van der Waals surface area contributed by atoms with E-state index in [9.17, 15) is 0 Å². The highest BCUT2D eigenvalue weighted by atomic mass is 32.1. The van der Waals surface area contributed by atoms with Gasteiger partial charge in [0.15, 0.2) is 6.07 Å². The first-order valence-corrected chi connectivity index (χ1v) is 4.21. The lowest BCUT2D eigenvalue weighted by Gasteiger charge is -1.89. The topological polar surface area (TPSA) is 33.0 Å². The summed E-state index contributed by atoms with van der Waals surface area (Å²) in [5, 5.41) is 10.1. The summed E-state index contributed by atoms with van der Waals surface area (Å²) in [5.41, 5.74) is 0.883. The van der Waals surface area contributed by atoms with Crippen molar-refractivity contribution in [3.63, 3.8) is 0 Å². The Hall–Kier alpha value is -1.29. The number of ether oxygens (including phenoxy) is 1. The van der Waals surface area contributed by atoms with Gasteiger partial charge in [-0.3, -0.25) is 0 Å². The van der Waals surface area contributed by atoms with E-state index >= 15 is 0 Å². The molecule has 60 valence electrons. The lowest BCUT2D eigenvalue weighted by atomic mass is 10.3. The normalized spacial score (nSPS) is 8.33. The van der Waals surface area contributed by atoms with E-state index in [2.05, 4.69) is 11.8 Å². The molecule has 0 atom stereocenters. The van der Waals surface area contributed by atoms with Crippen LogP contribution in [0.5, 0.6) is 0 Å². The maximum absolute atomic E-state index is 8.19. The van der Waals surface area contributed by atoms with Gasteiger partial charge in [-0.15, -0.1) is 11.3 Å². The van der Waals surface area contributed by atoms with Crippen LogP contribution in [0.1, 0.15) is 10.4 Å². The van der Waals surface area contributed by atoms with Crippen LogP contribution >= 0.6 is 11.3 Å². The molecule has 0 aliphatic carbocycles. The zero-order chi connectivity index (χ0) is 8.81. The monoisotopic (exact) mass is 177 g/mol. The van der Waals surface area contributed by atoms with Crippen LogP contribution in [0.15, 0.2) is 11.4 Å². The fourth-order valence-electron chi connectivity index (χ4n) is 0.764. The Morgan fingerprint density at radius 2 is 2.50 bits per heavy atom. The second-order valence-corrected chi connectivity index (χ2v) is 3.09. The van der Waals surface area contributed by atoms with Gasteiger partial charge in [0.25, 0.3) is 0 Å². The van der Waals surface area contributed by atoms with Crippen molar-refractivity contribution in [2.75, 3.05) is 7.11 Å². The maximum atomic E-state index is 8.19. The van der Waals surface area contributed by atoms with Gasteiger partial charge in [0.05, 0.1) is 6.61 Å². The molecule has 0 aromatic carbocycles. The predicted molar refractivity (Wildman–Crippen MR) is 47.5 cm³/mol. The molecule has 0 spiro atoms. The Morgan fingerprint density at radius 1 is 1.67 bits per heavy atom. The lowest BCUT2D eigenvalue weighted by molar-refractivity contribution is 0.187. The highest BCUT2D eigenvalue weighted by Crippen LogP contribution is 2.14. The molecule has 0 aliphatic heterocycles. The van der Waals surface area contributed by atoms with Gasteiger partial charge in [0.2, 0.25) is 0 Å². The molecule has 0 N–H and O–H groups in total. The summed E-state index contributed by atoms with van der Waals surface area (Å²) in [6.07, 6.45) is 0. The Kier molecular flexibility index (Phi) is 3.35. The minimum atomic E-state index is 0.610. The summed E-state index contributed by atoms with van der Waals surface area (Å²) in [6, 6.07) is 3.70. The molecule has 0 saturated carbocycles. The van der Waals surface area contributed by atoms with Crippen molar-refractivity contribution in [2.45, 2.75) is 6.61 Å². The molecular weight excluding hydrogens is 170 g/mol. The molecule has 2 nitrogen and oxygen atoms in total. The van der Waals surface area contributed by atoms with E-state index in [1.54, 1.807) is 24.5 Å². The van der Waals surface area contributed by atoms with Gasteiger partial charge < -0.3 is 4.74 Å². The van der Waals surface area contributed by atoms with Crippen LogP contribution in [-0.2, 0) is 11.3 Å². The summed E-state index contributed by atoms with van der Waals surface area (Å²) < 4.78 is 4.94. The molecule has 0 amide bonds. The molecule has 0 fully saturated rings. The molecule has 1 heterocycles. The van der Waals surface area contributed by atoms with E-state index in [4.69, 9.17) is 10.00 Å². The summed E-state index contributed by atoms with van der Waals surface area (Å²) in [5.74, 6) is 5.06. The Labute approximate surface area is 75.4 Å². The molecule has 0 aliphatic rings. The zero-order valence-electron chi connectivity index (χ0n) is 6.63. The zero-order valence-corrected chi connectivity index (χ0v) is 7.44. The molecule has 0 bridgehead atoms. The number of rotatable bonds is 2. The maximum Gasteiger partial charge on any atom is 0.152 e. The number of nitrogens with zero attached hydrogens (tertiary/aromatic N) is 1. The third-order valence-corrected chi connectivity index (χ3v) is 2.11. The molecule has 1 rings (SSSR count). The van der Waals surface area contributed by atoms with Crippen LogP contribution in [0.2, 0.25) is 0 Å². The lowest BCUT2D eigenvalue weighted by Crippen LogP contribution is -1.80. The molecular formula is C9H7NOS. The minimum Gasteiger partial charge on any atom is -0.379 e. The fourth-order valence-corrected chi connectivity index (χ4v) is 1.55. The van der Waals surface area contributed by atoms with Crippen LogP contribution in [0.4, 0.5) is 0 Å². The molecule has 0 unspecified atom stereocenters. The van der Waals surface area contributed by atoms with Crippen LogP contribution in [0.25, 0.3) is 0 Å². The highest BCUT2D eigenvalue weighted by molar-refractivity contribution is 7.10. The van der Waals surface area contributed by atoms with Gasteiger partial charge in [-0.25, -0.2) is 0 Å². The SMILES string of the molecule is COCc1cc(C#CC#N)cs1. The standard InChI is InChI=1S/C9H7NOS/c1-11-6-9-5-8(7-12-9)3-2-4-10/h5,7H,6H2,1H3. The first-order valence-electron chi connectivity index (χ1n) is 3.33. The minimum absolute atomic E-state index is 0.610. The summed E-state index contributed by atoms with van der Waals surface area (Å²) in [4.78, 5) is 1.12. The number of hydrogen-bond acceptors (Lipinski definition) is 3. The van der Waals surface area contributed by atoms with E-state index in [-0.39, 0.29) is 0 Å². The van der Waals surface area contributed by atoms with E-state index in [1.807, 2.05) is 11.4 Å². The fraction of sp³-hybridized carbons (Fsp3) is 0.222. The van der Waals surface area contributed by atoms with Crippen LogP contribution in [0.3, 0.4) is 0 Å². The smallest absolute Gasteiger partial charge is 0.152 e. The molecule has 12 heavy (non-hydrogen) atoms. The van der Waals surface area contributed by atoms with Crippen molar-refractivity contribution < 1.29 is 4.74 Å². The van der Waals surface area contributed by atoms with Gasteiger partial charge in [0, 0.05) is 28.9 Å².